The van der Waals surface area contributed by atoms with Gasteiger partial charge in [0.1, 0.15) is 5.75 Å². The number of nitro benzene ring substituents is 1. The van der Waals surface area contributed by atoms with Gasteiger partial charge in [-0.25, -0.2) is 0 Å². The van der Waals surface area contributed by atoms with E-state index in [1.807, 2.05) is 0 Å². The van der Waals surface area contributed by atoms with Crippen LogP contribution in [-0.2, 0) is 4.79 Å². The summed E-state index contributed by atoms with van der Waals surface area (Å²) in [5.74, 6) is 0.961. The number of carbonyl (C=O) groups excluding carboxylic acids is 1. The normalized spacial score (nSPS) is 13.0. The quantitative estimate of drug-likeness (QED) is 0.623. The van der Waals surface area contributed by atoms with Crippen LogP contribution in [0.1, 0.15) is 6.92 Å². The van der Waals surface area contributed by atoms with Gasteiger partial charge in [-0.15, -0.1) is 0 Å². The third kappa shape index (κ3) is 3.61. The summed E-state index contributed by atoms with van der Waals surface area (Å²) >= 11 is 0. The average Bonchev–Trinajstić information content (AvgIpc) is 3.09. The molecule has 1 aliphatic rings. The van der Waals surface area contributed by atoms with Gasteiger partial charge in [-0.05, 0) is 31.2 Å². The number of anilines is 1. The summed E-state index contributed by atoms with van der Waals surface area (Å²) in [5.41, 5.74) is 0.214. The Balaban J connectivity index is 1.70. The van der Waals surface area contributed by atoms with E-state index in [1.54, 1.807) is 18.2 Å². The highest BCUT2D eigenvalue weighted by Gasteiger charge is 2.23. The molecular formula is C17H16N2O7. The van der Waals surface area contributed by atoms with Crippen LogP contribution in [-0.4, -0.2) is 30.8 Å². The molecule has 136 valence electrons. The molecule has 2 aromatic rings. The molecule has 0 bridgehead atoms. The maximum absolute atomic E-state index is 12.3. The number of rotatable bonds is 6. The summed E-state index contributed by atoms with van der Waals surface area (Å²) in [6.07, 6.45) is -0.965. The second-order valence-corrected chi connectivity index (χ2v) is 5.41. The van der Waals surface area contributed by atoms with Crippen LogP contribution in [0.4, 0.5) is 11.4 Å². The summed E-state index contributed by atoms with van der Waals surface area (Å²) in [6.45, 7) is 1.63. The molecule has 1 atom stereocenters. The number of methoxy groups -OCH3 is 1. The SMILES string of the molecule is COc1ccc(O[C@@H](C)C(=O)Nc2ccc3c(c2)OCO3)c([N+](=O)[O-])c1. The maximum atomic E-state index is 12.3. The molecule has 0 aliphatic carbocycles. The number of nitrogens with zero attached hydrogens (tertiary/aromatic N) is 1. The molecule has 1 amide bonds. The fourth-order valence-electron chi connectivity index (χ4n) is 2.33. The van der Waals surface area contributed by atoms with Gasteiger partial charge in [-0.1, -0.05) is 0 Å². The highest BCUT2D eigenvalue weighted by molar-refractivity contribution is 5.94. The Labute approximate surface area is 148 Å². The van der Waals surface area contributed by atoms with Crippen molar-refractivity contribution in [2.75, 3.05) is 19.2 Å². The van der Waals surface area contributed by atoms with Crippen LogP contribution in [0.5, 0.6) is 23.0 Å². The number of amides is 1. The standard InChI is InChI=1S/C17H16N2O7/c1-10(26-14-6-4-12(23-2)8-13(14)19(21)22)17(20)18-11-3-5-15-16(7-11)25-9-24-15/h3-8,10H,9H2,1-2H3,(H,18,20)/t10-/m0/s1. The Kier molecular flexibility index (Phi) is 4.78. The third-order valence-corrected chi connectivity index (χ3v) is 3.68. The van der Waals surface area contributed by atoms with Gasteiger partial charge < -0.3 is 24.3 Å². The Bertz CT molecular complexity index is 853. The van der Waals surface area contributed by atoms with Crippen molar-refractivity contribution in [1.82, 2.24) is 0 Å². The van der Waals surface area contributed by atoms with Crippen molar-refractivity contribution < 1.29 is 28.7 Å². The number of carbonyl (C=O) groups is 1. The van der Waals surface area contributed by atoms with Crippen LogP contribution in [0.25, 0.3) is 0 Å². The second kappa shape index (κ2) is 7.18. The van der Waals surface area contributed by atoms with Crippen molar-refractivity contribution in [3.8, 4) is 23.0 Å². The minimum absolute atomic E-state index is 0.0239. The van der Waals surface area contributed by atoms with Gasteiger partial charge in [0.15, 0.2) is 23.4 Å². The Morgan fingerprint density at radius 3 is 2.73 bits per heavy atom. The molecule has 2 aromatic carbocycles. The first-order valence-corrected chi connectivity index (χ1v) is 7.67. The molecule has 9 heteroatoms. The van der Waals surface area contributed by atoms with Gasteiger partial charge in [0, 0.05) is 11.8 Å². The predicted octanol–water partition coefficient (Wildman–Crippen LogP) is 2.74. The lowest BCUT2D eigenvalue weighted by molar-refractivity contribution is -0.386. The summed E-state index contributed by atoms with van der Waals surface area (Å²) in [5, 5.41) is 13.9. The topological polar surface area (TPSA) is 109 Å². The molecular weight excluding hydrogens is 344 g/mol. The van der Waals surface area contributed by atoms with E-state index in [2.05, 4.69) is 5.32 Å². The van der Waals surface area contributed by atoms with Crippen molar-refractivity contribution in [1.29, 1.82) is 0 Å². The lowest BCUT2D eigenvalue weighted by atomic mass is 10.2. The summed E-state index contributed by atoms with van der Waals surface area (Å²) in [4.78, 5) is 22.9. The largest absolute Gasteiger partial charge is 0.496 e. The van der Waals surface area contributed by atoms with Crippen molar-refractivity contribution in [2.45, 2.75) is 13.0 Å². The minimum Gasteiger partial charge on any atom is -0.496 e. The zero-order valence-corrected chi connectivity index (χ0v) is 14.1. The maximum Gasteiger partial charge on any atom is 0.314 e. The number of nitro groups is 1. The summed E-state index contributed by atoms with van der Waals surface area (Å²) in [6, 6.07) is 9.11. The van der Waals surface area contributed by atoms with Gasteiger partial charge in [0.2, 0.25) is 6.79 Å². The minimum atomic E-state index is -0.965. The zero-order valence-electron chi connectivity index (χ0n) is 14.1. The number of hydrogen-bond donors (Lipinski definition) is 1. The van der Waals surface area contributed by atoms with E-state index >= 15 is 0 Å². The first-order valence-electron chi connectivity index (χ1n) is 7.67. The number of hydrogen-bond acceptors (Lipinski definition) is 7. The van der Waals surface area contributed by atoms with Crippen LogP contribution in [0, 0.1) is 10.1 Å². The number of benzene rings is 2. The average molecular weight is 360 g/mol. The Morgan fingerprint density at radius 2 is 2.00 bits per heavy atom. The summed E-state index contributed by atoms with van der Waals surface area (Å²) < 4.78 is 20.9. The van der Waals surface area contributed by atoms with Gasteiger partial charge >= 0.3 is 5.69 Å². The number of nitrogens with one attached hydrogen (secondary N) is 1. The molecule has 0 saturated carbocycles. The first-order chi connectivity index (χ1) is 12.5. The molecule has 9 nitrogen and oxygen atoms in total. The fraction of sp³-hybridized carbons (Fsp3) is 0.235. The fourth-order valence-corrected chi connectivity index (χ4v) is 2.33. The molecule has 0 saturated heterocycles. The Morgan fingerprint density at radius 1 is 1.23 bits per heavy atom. The number of ether oxygens (including phenoxy) is 4. The molecule has 0 aromatic heterocycles. The van der Waals surface area contributed by atoms with Gasteiger partial charge in [-0.3, -0.25) is 14.9 Å². The molecule has 0 unspecified atom stereocenters. The van der Waals surface area contributed by atoms with E-state index in [9.17, 15) is 14.9 Å². The van der Waals surface area contributed by atoms with Gasteiger partial charge in [0.05, 0.1) is 18.1 Å². The molecule has 1 N–H and O–H groups in total. The summed E-state index contributed by atoms with van der Waals surface area (Å²) in [7, 11) is 1.40. The zero-order chi connectivity index (χ0) is 18.7. The van der Waals surface area contributed by atoms with Crippen LogP contribution in [0.3, 0.4) is 0 Å². The van der Waals surface area contributed by atoms with E-state index in [4.69, 9.17) is 18.9 Å². The van der Waals surface area contributed by atoms with Crippen LogP contribution in [0.2, 0.25) is 0 Å². The van der Waals surface area contributed by atoms with Gasteiger partial charge in [-0.2, -0.15) is 0 Å². The van der Waals surface area contributed by atoms with Gasteiger partial charge in [0.25, 0.3) is 5.91 Å². The lowest BCUT2D eigenvalue weighted by Gasteiger charge is -2.15. The predicted molar refractivity (Wildman–Crippen MR) is 90.9 cm³/mol. The highest BCUT2D eigenvalue weighted by atomic mass is 16.7. The molecule has 3 rings (SSSR count). The lowest BCUT2D eigenvalue weighted by Crippen LogP contribution is -2.30. The van der Waals surface area contributed by atoms with Crippen LogP contribution >= 0.6 is 0 Å². The smallest absolute Gasteiger partial charge is 0.314 e. The molecule has 0 spiro atoms. The Hall–Kier alpha value is -3.49. The van der Waals surface area contributed by atoms with Crippen LogP contribution in [0.15, 0.2) is 36.4 Å². The van der Waals surface area contributed by atoms with Crippen molar-refractivity contribution in [2.24, 2.45) is 0 Å². The number of fused-ring (bicyclic) bond motifs is 1. The molecule has 1 heterocycles. The third-order valence-electron chi connectivity index (χ3n) is 3.68. The first kappa shape index (κ1) is 17.3. The van der Waals surface area contributed by atoms with E-state index in [-0.39, 0.29) is 18.2 Å². The van der Waals surface area contributed by atoms with E-state index in [0.29, 0.717) is 22.9 Å². The highest BCUT2D eigenvalue weighted by Crippen LogP contribution is 2.34. The van der Waals surface area contributed by atoms with Crippen molar-refractivity contribution >= 4 is 17.3 Å². The van der Waals surface area contributed by atoms with E-state index in [0.717, 1.165) is 0 Å². The molecule has 0 fully saturated rings. The van der Waals surface area contributed by atoms with E-state index < -0.39 is 16.9 Å². The van der Waals surface area contributed by atoms with Crippen molar-refractivity contribution in [3.63, 3.8) is 0 Å². The monoisotopic (exact) mass is 360 g/mol. The van der Waals surface area contributed by atoms with E-state index in [1.165, 1.54) is 32.2 Å². The molecule has 0 radical (unpaired) electrons. The second-order valence-electron chi connectivity index (χ2n) is 5.41. The molecule has 26 heavy (non-hydrogen) atoms. The van der Waals surface area contributed by atoms with Crippen LogP contribution < -0.4 is 24.3 Å². The molecule has 1 aliphatic heterocycles. The van der Waals surface area contributed by atoms with Crippen molar-refractivity contribution in [3.05, 3.63) is 46.5 Å².